The van der Waals surface area contributed by atoms with Crippen molar-refractivity contribution >= 4 is 49.4 Å². The Morgan fingerprint density at radius 2 is 1.02 bits per heavy atom. The molecule has 9 rings (SSSR count). The molecule has 0 aliphatic heterocycles. The van der Waals surface area contributed by atoms with E-state index in [9.17, 15) is 0 Å². The number of rotatable bonds is 7. The van der Waals surface area contributed by atoms with Crippen LogP contribution in [-0.4, -0.2) is 0 Å². The summed E-state index contributed by atoms with van der Waals surface area (Å²) in [7, 11) is 0. The van der Waals surface area contributed by atoms with Crippen molar-refractivity contribution < 1.29 is 0 Å². The molecule has 0 bridgehead atoms. The molecule has 0 aliphatic rings. The quantitative estimate of drug-likeness (QED) is 0.152. The highest BCUT2D eigenvalue weighted by atomic mass is 15.1. The van der Waals surface area contributed by atoms with Crippen LogP contribution in [0.3, 0.4) is 0 Å². The van der Waals surface area contributed by atoms with Crippen molar-refractivity contribution in [3.05, 3.63) is 211 Å². The van der Waals surface area contributed by atoms with Crippen LogP contribution in [0.25, 0.3) is 54.6 Å². The van der Waals surface area contributed by atoms with Crippen molar-refractivity contribution in [3.8, 4) is 22.3 Å². The van der Waals surface area contributed by atoms with E-state index in [1.54, 1.807) is 0 Å². The highest BCUT2D eigenvalue weighted by Crippen LogP contribution is 2.42. The van der Waals surface area contributed by atoms with E-state index in [0.29, 0.717) is 0 Å². The molecule has 0 aromatic heterocycles. The molecule has 53 heavy (non-hydrogen) atoms. The van der Waals surface area contributed by atoms with Gasteiger partial charge in [-0.25, -0.2) is 0 Å². The molecule has 0 amide bonds. The number of nitrogens with zero attached hydrogens (tertiary/aromatic N) is 1. The van der Waals surface area contributed by atoms with E-state index in [2.05, 4.69) is 220 Å². The lowest BCUT2D eigenvalue weighted by atomic mass is 9.76. The number of aryl methyl sites for hydroxylation is 1. The standard InChI is InChI=1S/C52H41N/c1-36-34-45(30-33-50(36)52(2,3)42-19-8-5-9-20-42)53(44-21-12-18-41(35-44)37-14-6-4-7-15-37)43-28-24-39(25-29-43)47-23-13-17-40-27-31-48-46-22-11-10-16-38(46)26-32-49(48)51(40)47/h4-35H,1-3H3. The lowest BCUT2D eigenvalue weighted by Gasteiger charge is -2.31. The van der Waals surface area contributed by atoms with Gasteiger partial charge in [0.15, 0.2) is 0 Å². The van der Waals surface area contributed by atoms with E-state index < -0.39 is 0 Å². The molecule has 0 saturated heterocycles. The summed E-state index contributed by atoms with van der Waals surface area (Å²) in [4.78, 5) is 2.40. The fourth-order valence-electron chi connectivity index (χ4n) is 8.31. The molecule has 0 aliphatic carbocycles. The largest absolute Gasteiger partial charge is 0.310 e. The van der Waals surface area contributed by atoms with Gasteiger partial charge in [0, 0.05) is 22.5 Å². The Morgan fingerprint density at radius 3 is 1.81 bits per heavy atom. The molecule has 0 unspecified atom stereocenters. The van der Waals surface area contributed by atoms with Gasteiger partial charge in [0.25, 0.3) is 0 Å². The first-order valence-corrected chi connectivity index (χ1v) is 18.5. The van der Waals surface area contributed by atoms with Gasteiger partial charge in [0.2, 0.25) is 0 Å². The van der Waals surface area contributed by atoms with Gasteiger partial charge in [-0.2, -0.15) is 0 Å². The van der Waals surface area contributed by atoms with Gasteiger partial charge < -0.3 is 4.90 Å². The Labute approximate surface area is 312 Å². The molecule has 0 spiro atoms. The van der Waals surface area contributed by atoms with Gasteiger partial charge in [0.1, 0.15) is 0 Å². The number of fused-ring (bicyclic) bond motifs is 5. The molecule has 1 nitrogen and oxygen atoms in total. The second kappa shape index (κ2) is 13.3. The topological polar surface area (TPSA) is 3.24 Å². The second-order valence-corrected chi connectivity index (χ2v) is 14.6. The third kappa shape index (κ3) is 5.85. The first kappa shape index (κ1) is 32.5. The minimum absolute atomic E-state index is 0.126. The Hall–Kier alpha value is -6.44. The average molecular weight is 680 g/mol. The van der Waals surface area contributed by atoms with Crippen molar-refractivity contribution in [2.75, 3.05) is 4.90 Å². The lowest BCUT2D eigenvalue weighted by Crippen LogP contribution is -2.20. The van der Waals surface area contributed by atoms with Crippen LogP contribution in [-0.2, 0) is 5.41 Å². The second-order valence-electron chi connectivity index (χ2n) is 14.6. The number of anilines is 3. The fourth-order valence-corrected chi connectivity index (χ4v) is 8.31. The summed E-state index contributed by atoms with van der Waals surface area (Å²) in [6, 6.07) is 70.9. The smallest absolute Gasteiger partial charge is 0.0467 e. The Balaban J connectivity index is 1.17. The predicted molar refractivity (Wildman–Crippen MR) is 228 cm³/mol. The SMILES string of the molecule is Cc1cc(N(c2ccc(-c3cccc4ccc5c6ccccc6ccc5c34)cc2)c2cccc(-c3ccccc3)c2)ccc1C(C)(C)c1ccccc1. The number of hydrogen-bond donors (Lipinski definition) is 0. The van der Waals surface area contributed by atoms with Crippen molar-refractivity contribution in [3.63, 3.8) is 0 Å². The molecule has 9 aromatic carbocycles. The zero-order chi connectivity index (χ0) is 35.9. The highest BCUT2D eigenvalue weighted by Gasteiger charge is 2.26. The van der Waals surface area contributed by atoms with Crippen molar-refractivity contribution in [1.82, 2.24) is 0 Å². The Morgan fingerprint density at radius 1 is 0.396 bits per heavy atom. The molecule has 0 fully saturated rings. The maximum Gasteiger partial charge on any atom is 0.0467 e. The van der Waals surface area contributed by atoms with Gasteiger partial charge in [-0.15, -0.1) is 0 Å². The fraction of sp³-hybridized carbons (Fsp3) is 0.0769. The maximum atomic E-state index is 2.40. The number of benzene rings is 9. The van der Waals surface area contributed by atoms with Crippen molar-refractivity contribution in [2.45, 2.75) is 26.2 Å². The first-order valence-electron chi connectivity index (χ1n) is 18.5. The van der Waals surface area contributed by atoms with Crippen LogP contribution in [0.2, 0.25) is 0 Å². The van der Waals surface area contributed by atoms with Crippen LogP contribution in [0.1, 0.15) is 30.5 Å². The van der Waals surface area contributed by atoms with Crippen molar-refractivity contribution in [1.29, 1.82) is 0 Å². The summed E-state index contributed by atoms with van der Waals surface area (Å²) in [5.41, 5.74) is 12.0. The van der Waals surface area contributed by atoms with Crippen LogP contribution in [0.15, 0.2) is 194 Å². The summed E-state index contributed by atoms with van der Waals surface area (Å²) in [6.07, 6.45) is 0. The zero-order valence-corrected chi connectivity index (χ0v) is 30.4. The number of hydrogen-bond acceptors (Lipinski definition) is 1. The summed E-state index contributed by atoms with van der Waals surface area (Å²) in [5, 5.41) is 7.68. The van der Waals surface area contributed by atoms with Crippen molar-refractivity contribution in [2.24, 2.45) is 0 Å². The summed E-state index contributed by atoms with van der Waals surface area (Å²) in [5.74, 6) is 0. The van der Waals surface area contributed by atoms with Crippen LogP contribution in [0, 0.1) is 6.92 Å². The van der Waals surface area contributed by atoms with E-state index in [4.69, 9.17) is 0 Å². The summed E-state index contributed by atoms with van der Waals surface area (Å²) < 4.78 is 0. The summed E-state index contributed by atoms with van der Waals surface area (Å²) in [6.45, 7) is 6.89. The highest BCUT2D eigenvalue weighted by molar-refractivity contribution is 6.20. The first-order chi connectivity index (χ1) is 26.0. The molecule has 0 atom stereocenters. The van der Waals surface area contributed by atoms with Crippen LogP contribution < -0.4 is 4.90 Å². The Bertz CT molecular complexity index is 2740. The zero-order valence-electron chi connectivity index (χ0n) is 30.4. The van der Waals surface area contributed by atoms with Gasteiger partial charge in [-0.05, 0) is 115 Å². The molecule has 0 radical (unpaired) electrons. The molecule has 0 N–H and O–H groups in total. The van der Waals surface area contributed by atoms with Crippen LogP contribution in [0.4, 0.5) is 17.1 Å². The minimum atomic E-state index is -0.126. The molecule has 254 valence electrons. The molecule has 9 aromatic rings. The summed E-state index contributed by atoms with van der Waals surface area (Å²) >= 11 is 0. The predicted octanol–water partition coefficient (Wildman–Crippen LogP) is 14.6. The lowest BCUT2D eigenvalue weighted by molar-refractivity contribution is 0.636. The van der Waals surface area contributed by atoms with Gasteiger partial charge >= 0.3 is 0 Å². The minimum Gasteiger partial charge on any atom is -0.310 e. The molecular formula is C52H41N. The third-order valence-corrected chi connectivity index (χ3v) is 11.1. The van der Waals surface area contributed by atoms with Gasteiger partial charge in [-0.1, -0.05) is 172 Å². The van der Waals surface area contributed by atoms with E-state index in [1.165, 1.54) is 71.3 Å². The maximum absolute atomic E-state index is 2.40. The van der Waals surface area contributed by atoms with Crippen LogP contribution >= 0.6 is 0 Å². The van der Waals surface area contributed by atoms with E-state index in [1.807, 2.05) is 0 Å². The molecular weight excluding hydrogens is 639 g/mol. The van der Waals surface area contributed by atoms with E-state index in [-0.39, 0.29) is 5.41 Å². The molecule has 1 heteroatoms. The normalized spacial score (nSPS) is 11.7. The van der Waals surface area contributed by atoms with E-state index >= 15 is 0 Å². The molecule has 0 saturated carbocycles. The average Bonchev–Trinajstić information content (AvgIpc) is 3.21. The monoisotopic (exact) mass is 679 g/mol. The third-order valence-electron chi connectivity index (χ3n) is 11.1. The Kier molecular flexibility index (Phi) is 8.13. The molecule has 0 heterocycles. The van der Waals surface area contributed by atoms with Crippen LogP contribution in [0.5, 0.6) is 0 Å². The van der Waals surface area contributed by atoms with Gasteiger partial charge in [0.05, 0.1) is 0 Å². The van der Waals surface area contributed by atoms with E-state index in [0.717, 1.165) is 17.1 Å². The van der Waals surface area contributed by atoms with Gasteiger partial charge in [-0.3, -0.25) is 0 Å².